The number of hydrogen-bond donors (Lipinski definition) is 2. The summed E-state index contributed by atoms with van der Waals surface area (Å²) in [5.74, 6) is 0.424. The van der Waals surface area contributed by atoms with Gasteiger partial charge in [-0.25, -0.2) is 0 Å². The summed E-state index contributed by atoms with van der Waals surface area (Å²) in [6.07, 6.45) is 3.40. The Bertz CT molecular complexity index is 607. The average molecular weight is 274 g/mol. The Kier molecular flexibility index (Phi) is 4.24. The smallest absolute Gasteiger partial charge is 0.239 e. The Morgan fingerprint density at radius 1 is 1.50 bits per heavy atom. The molecule has 0 atom stereocenters. The number of carbonyl (C=O) groups excluding carboxylic acids is 1. The Morgan fingerprint density at radius 3 is 3.00 bits per heavy atom. The van der Waals surface area contributed by atoms with Gasteiger partial charge in [-0.15, -0.1) is 0 Å². The van der Waals surface area contributed by atoms with E-state index in [0.717, 1.165) is 17.0 Å². The van der Waals surface area contributed by atoms with Gasteiger partial charge in [0.1, 0.15) is 12.3 Å². The van der Waals surface area contributed by atoms with Crippen LogP contribution < -0.4 is 15.8 Å². The van der Waals surface area contributed by atoms with E-state index in [1.807, 2.05) is 19.1 Å². The lowest BCUT2D eigenvalue weighted by Gasteiger charge is -2.10. The molecule has 0 aliphatic rings. The molecular weight excluding hydrogens is 256 g/mol. The summed E-state index contributed by atoms with van der Waals surface area (Å²) in [4.78, 5) is 10.8. The summed E-state index contributed by atoms with van der Waals surface area (Å²) in [5.41, 5.74) is 8.18. The number of rotatable bonds is 6. The van der Waals surface area contributed by atoms with E-state index in [2.05, 4.69) is 16.5 Å². The highest BCUT2D eigenvalue weighted by atomic mass is 16.5. The summed E-state index contributed by atoms with van der Waals surface area (Å²) in [7, 11) is 1.65. The fraction of sp³-hybridized carbons (Fsp3) is 0.286. The second-order valence-corrected chi connectivity index (χ2v) is 4.56. The standard InChI is InChI=1S/C14H18N4O2/c1-10-3-4-13(20-2)11(5-10)6-16-12-7-17-18(8-12)9-14(15)19/h3-5,7-8,16H,6,9H2,1-2H3,(H2,15,19). The van der Waals surface area contributed by atoms with Gasteiger partial charge in [-0.05, 0) is 13.0 Å². The molecule has 0 unspecified atom stereocenters. The summed E-state index contributed by atoms with van der Waals surface area (Å²) in [5, 5.41) is 7.29. The van der Waals surface area contributed by atoms with Crippen molar-refractivity contribution in [3.05, 3.63) is 41.7 Å². The number of aromatic nitrogens is 2. The molecule has 0 spiro atoms. The molecule has 0 saturated carbocycles. The zero-order valence-electron chi connectivity index (χ0n) is 11.6. The zero-order chi connectivity index (χ0) is 14.5. The number of benzene rings is 1. The first-order valence-corrected chi connectivity index (χ1v) is 6.26. The van der Waals surface area contributed by atoms with Gasteiger partial charge in [0.25, 0.3) is 0 Å². The lowest BCUT2D eigenvalue weighted by Crippen LogP contribution is -2.18. The molecule has 0 aliphatic carbocycles. The Morgan fingerprint density at radius 2 is 2.30 bits per heavy atom. The van der Waals surface area contributed by atoms with Crippen LogP contribution in [0.2, 0.25) is 0 Å². The number of amides is 1. The number of aryl methyl sites for hydroxylation is 1. The fourth-order valence-corrected chi connectivity index (χ4v) is 1.94. The minimum atomic E-state index is -0.417. The van der Waals surface area contributed by atoms with Crippen molar-refractivity contribution >= 4 is 11.6 Å². The maximum Gasteiger partial charge on any atom is 0.239 e. The zero-order valence-corrected chi connectivity index (χ0v) is 11.6. The van der Waals surface area contributed by atoms with E-state index in [4.69, 9.17) is 10.5 Å². The van der Waals surface area contributed by atoms with Crippen LogP contribution in [-0.2, 0) is 17.9 Å². The van der Waals surface area contributed by atoms with Gasteiger partial charge in [-0.1, -0.05) is 17.7 Å². The molecule has 0 saturated heterocycles. The summed E-state index contributed by atoms with van der Waals surface area (Å²) in [6, 6.07) is 6.02. The molecule has 0 aliphatic heterocycles. The third-order valence-corrected chi connectivity index (χ3v) is 2.87. The molecule has 3 N–H and O–H groups in total. The lowest BCUT2D eigenvalue weighted by atomic mass is 10.1. The van der Waals surface area contributed by atoms with Crippen LogP contribution in [0.25, 0.3) is 0 Å². The number of primary amides is 1. The molecule has 2 rings (SSSR count). The predicted molar refractivity (Wildman–Crippen MR) is 76.5 cm³/mol. The number of anilines is 1. The second-order valence-electron chi connectivity index (χ2n) is 4.56. The third-order valence-electron chi connectivity index (χ3n) is 2.87. The molecule has 1 aromatic carbocycles. The fourth-order valence-electron chi connectivity index (χ4n) is 1.94. The van der Waals surface area contributed by atoms with E-state index in [1.165, 1.54) is 10.2 Å². The molecule has 1 heterocycles. The van der Waals surface area contributed by atoms with E-state index in [9.17, 15) is 4.79 Å². The maximum atomic E-state index is 10.8. The Balaban J connectivity index is 2.03. The van der Waals surface area contributed by atoms with Crippen LogP contribution in [0, 0.1) is 6.92 Å². The van der Waals surface area contributed by atoms with Crippen molar-refractivity contribution in [1.82, 2.24) is 9.78 Å². The average Bonchev–Trinajstić information content (AvgIpc) is 2.83. The van der Waals surface area contributed by atoms with Crippen LogP contribution in [0.1, 0.15) is 11.1 Å². The molecule has 0 bridgehead atoms. The molecule has 20 heavy (non-hydrogen) atoms. The highest BCUT2D eigenvalue weighted by Gasteiger charge is 2.05. The highest BCUT2D eigenvalue weighted by molar-refractivity contribution is 5.73. The summed E-state index contributed by atoms with van der Waals surface area (Å²) in [6.45, 7) is 2.73. The van der Waals surface area contributed by atoms with Crippen LogP contribution in [0.3, 0.4) is 0 Å². The van der Waals surface area contributed by atoms with Crippen molar-refractivity contribution in [3.63, 3.8) is 0 Å². The van der Waals surface area contributed by atoms with Crippen molar-refractivity contribution in [2.45, 2.75) is 20.0 Å². The van der Waals surface area contributed by atoms with Crippen LogP contribution >= 0.6 is 0 Å². The number of nitrogens with one attached hydrogen (secondary N) is 1. The van der Waals surface area contributed by atoms with Gasteiger partial charge in [0.05, 0.1) is 19.0 Å². The van der Waals surface area contributed by atoms with Crippen LogP contribution in [0.5, 0.6) is 5.75 Å². The maximum absolute atomic E-state index is 10.8. The quantitative estimate of drug-likeness (QED) is 0.831. The van der Waals surface area contributed by atoms with E-state index in [-0.39, 0.29) is 6.54 Å². The molecule has 1 aromatic heterocycles. The molecule has 2 aromatic rings. The minimum Gasteiger partial charge on any atom is -0.496 e. The monoisotopic (exact) mass is 274 g/mol. The topological polar surface area (TPSA) is 82.2 Å². The highest BCUT2D eigenvalue weighted by Crippen LogP contribution is 2.20. The molecule has 1 amide bonds. The number of carbonyl (C=O) groups is 1. The van der Waals surface area contributed by atoms with Crippen molar-refractivity contribution < 1.29 is 9.53 Å². The first-order chi connectivity index (χ1) is 9.58. The third kappa shape index (κ3) is 3.50. The van der Waals surface area contributed by atoms with Crippen LogP contribution in [0.15, 0.2) is 30.6 Å². The van der Waals surface area contributed by atoms with E-state index >= 15 is 0 Å². The van der Waals surface area contributed by atoms with E-state index < -0.39 is 5.91 Å². The SMILES string of the molecule is COc1ccc(C)cc1CNc1cnn(CC(N)=O)c1. The van der Waals surface area contributed by atoms with Crippen molar-refractivity contribution in [2.75, 3.05) is 12.4 Å². The van der Waals surface area contributed by atoms with Crippen LogP contribution in [-0.4, -0.2) is 22.8 Å². The largest absolute Gasteiger partial charge is 0.496 e. The Hall–Kier alpha value is -2.50. The van der Waals surface area contributed by atoms with Gasteiger partial charge in [0.15, 0.2) is 0 Å². The van der Waals surface area contributed by atoms with E-state index in [0.29, 0.717) is 6.54 Å². The van der Waals surface area contributed by atoms with Gasteiger partial charge < -0.3 is 15.8 Å². The number of methoxy groups -OCH3 is 1. The van der Waals surface area contributed by atoms with Gasteiger partial charge in [0.2, 0.25) is 5.91 Å². The molecule has 6 nitrogen and oxygen atoms in total. The van der Waals surface area contributed by atoms with E-state index in [1.54, 1.807) is 19.5 Å². The number of hydrogen-bond acceptors (Lipinski definition) is 4. The number of nitrogens with two attached hydrogens (primary N) is 1. The minimum absolute atomic E-state index is 0.0788. The number of nitrogens with zero attached hydrogens (tertiary/aromatic N) is 2. The van der Waals surface area contributed by atoms with Crippen molar-refractivity contribution in [2.24, 2.45) is 5.73 Å². The molecule has 6 heteroatoms. The van der Waals surface area contributed by atoms with Gasteiger partial charge in [-0.3, -0.25) is 9.48 Å². The molecule has 0 radical (unpaired) electrons. The summed E-state index contributed by atoms with van der Waals surface area (Å²) >= 11 is 0. The Labute approximate surface area is 117 Å². The number of ether oxygens (including phenoxy) is 1. The first kappa shape index (κ1) is 13.9. The summed E-state index contributed by atoms with van der Waals surface area (Å²) < 4.78 is 6.82. The van der Waals surface area contributed by atoms with Gasteiger partial charge in [0, 0.05) is 18.3 Å². The predicted octanol–water partition coefficient (Wildman–Crippen LogP) is 1.30. The second kappa shape index (κ2) is 6.10. The first-order valence-electron chi connectivity index (χ1n) is 6.26. The van der Waals surface area contributed by atoms with Crippen molar-refractivity contribution in [3.8, 4) is 5.75 Å². The van der Waals surface area contributed by atoms with Crippen LogP contribution in [0.4, 0.5) is 5.69 Å². The lowest BCUT2D eigenvalue weighted by molar-refractivity contribution is -0.118. The van der Waals surface area contributed by atoms with Gasteiger partial charge in [-0.2, -0.15) is 5.10 Å². The normalized spacial score (nSPS) is 10.3. The molecule has 0 fully saturated rings. The molecule has 106 valence electrons. The van der Waals surface area contributed by atoms with Crippen molar-refractivity contribution in [1.29, 1.82) is 0 Å². The van der Waals surface area contributed by atoms with Gasteiger partial charge >= 0.3 is 0 Å². The molecular formula is C14H18N4O2.